The van der Waals surface area contributed by atoms with Crippen molar-refractivity contribution in [2.75, 3.05) is 5.32 Å². The number of benzene rings is 3. The van der Waals surface area contributed by atoms with Gasteiger partial charge in [-0.1, -0.05) is 46.9 Å². The lowest BCUT2D eigenvalue weighted by Crippen LogP contribution is -2.17. The van der Waals surface area contributed by atoms with Gasteiger partial charge in [-0.25, -0.2) is 4.98 Å². The third-order valence-corrected chi connectivity index (χ3v) is 7.82. The van der Waals surface area contributed by atoms with E-state index in [1.165, 1.54) is 6.26 Å². The minimum atomic E-state index is -1.32. The molecular formula is C27H17Cl5N2O3. The van der Waals surface area contributed by atoms with E-state index >= 15 is 0 Å². The van der Waals surface area contributed by atoms with Gasteiger partial charge in [-0.05, 0) is 59.7 Å². The Balaban J connectivity index is 1.29. The predicted octanol–water partition coefficient (Wildman–Crippen LogP) is 8.25. The summed E-state index contributed by atoms with van der Waals surface area (Å²) in [5, 5.41) is 3.92. The van der Waals surface area contributed by atoms with Crippen LogP contribution in [0.15, 0.2) is 77.5 Å². The zero-order valence-electron chi connectivity index (χ0n) is 18.9. The average Bonchev–Trinajstić information content (AvgIpc) is 3.16. The first kappa shape index (κ1) is 26.1. The number of aromatic nitrogens is 1. The molecule has 2 atom stereocenters. The summed E-state index contributed by atoms with van der Waals surface area (Å²) in [4.78, 5) is 30.2. The molecule has 1 amide bonds. The zero-order valence-corrected chi connectivity index (χ0v) is 22.6. The number of carbonyl (C=O) groups is 2. The summed E-state index contributed by atoms with van der Waals surface area (Å²) >= 11 is 31.4. The van der Waals surface area contributed by atoms with E-state index in [1.54, 1.807) is 42.6 Å². The number of alkyl halides is 2. The topological polar surface area (TPSA) is 72.2 Å². The lowest BCUT2D eigenvalue weighted by atomic mass is 10.0. The van der Waals surface area contributed by atoms with Crippen LogP contribution < -0.4 is 5.32 Å². The van der Waals surface area contributed by atoms with Crippen molar-refractivity contribution < 1.29 is 14.0 Å². The van der Waals surface area contributed by atoms with Crippen molar-refractivity contribution >= 4 is 75.4 Å². The van der Waals surface area contributed by atoms with E-state index in [-0.39, 0.29) is 22.8 Å². The van der Waals surface area contributed by atoms with Crippen LogP contribution in [0.3, 0.4) is 0 Å². The second-order valence-corrected chi connectivity index (χ2v) is 11.4. The number of hydrogen-bond donors (Lipinski definition) is 1. The standard InChI is InChI=1S/C27H17Cl5N2O3/c28-17-10-16(11-18(29)12-17)23-24(27(23,31)32)25(36)34-19-5-6-21(30)20(13-19)22(35)9-14-1-3-15(4-2-14)26-33-7-8-37-26/h1-8,10-13,23-24H,9H2,(H,34,36). The SMILES string of the molecule is O=C(Cc1ccc(-c2ncco2)cc1)c1cc(NC(=O)C2C(c3cc(Cl)cc(Cl)c3)C2(Cl)Cl)ccc1Cl. The number of anilines is 1. The molecule has 0 radical (unpaired) electrons. The van der Waals surface area contributed by atoms with Crippen molar-refractivity contribution in [2.45, 2.75) is 16.7 Å². The Hall–Kier alpha value is -2.54. The van der Waals surface area contributed by atoms with Gasteiger partial charge >= 0.3 is 0 Å². The highest BCUT2D eigenvalue weighted by Gasteiger charge is 2.67. The second-order valence-electron chi connectivity index (χ2n) is 8.65. The number of rotatable bonds is 7. The number of nitrogens with zero attached hydrogens (tertiary/aromatic N) is 1. The Bertz CT molecular complexity index is 1470. The first-order valence-electron chi connectivity index (χ1n) is 11.1. The molecular weight excluding hydrogens is 578 g/mol. The number of halogens is 5. The van der Waals surface area contributed by atoms with Gasteiger partial charge < -0.3 is 9.73 Å². The molecule has 4 aromatic rings. The molecule has 1 saturated carbocycles. The van der Waals surface area contributed by atoms with E-state index in [4.69, 9.17) is 62.4 Å². The van der Waals surface area contributed by atoms with E-state index in [0.717, 1.165) is 11.1 Å². The fraction of sp³-hybridized carbons (Fsp3) is 0.148. The largest absolute Gasteiger partial charge is 0.445 e. The van der Waals surface area contributed by atoms with Gasteiger partial charge in [-0.2, -0.15) is 0 Å². The van der Waals surface area contributed by atoms with Crippen molar-refractivity contribution in [1.82, 2.24) is 4.98 Å². The van der Waals surface area contributed by atoms with Crippen molar-refractivity contribution in [1.29, 1.82) is 0 Å². The first-order chi connectivity index (χ1) is 17.6. The fourth-order valence-electron chi connectivity index (χ4n) is 4.27. The molecule has 0 spiro atoms. The number of hydrogen-bond acceptors (Lipinski definition) is 4. The molecule has 1 heterocycles. The van der Waals surface area contributed by atoms with Crippen LogP contribution in [-0.4, -0.2) is 21.0 Å². The van der Waals surface area contributed by atoms with Crippen LogP contribution in [0.2, 0.25) is 15.1 Å². The highest BCUT2D eigenvalue weighted by molar-refractivity contribution is 6.53. The summed E-state index contributed by atoms with van der Waals surface area (Å²) in [5.41, 5.74) is 2.95. The van der Waals surface area contributed by atoms with Crippen LogP contribution in [-0.2, 0) is 11.2 Å². The van der Waals surface area contributed by atoms with Crippen molar-refractivity contribution in [2.24, 2.45) is 5.92 Å². The summed E-state index contributed by atoms with van der Waals surface area (Å²) in [6.07, 6.45) is 3.18. The molecule has 0 saturated heterocycles. The molecule has 10 heteroatoms. The summed E-state index contributed by atoms with van der Waals surface area (Å²) in [7, 11) is 0. The molecule has 0 aliphatic heterocycles. The van der Waals surface area contributed by atoms with Gasteiger partial charge in [-0.3, -0.25) is 9.59 Å². The summed E-state index contributed by atoms with van der Waals surface area (Å²) < 4.78 is 3.97. The number of nitrogens with one attached hydrogen (secondary N) is 1. The van der Waals surface area contributed by atoms with Gasteiger partial charge in [0.15, 0.2) is 5.78 Å². The molecule has 0 bridgehead atoms. The van der Waals surface area contributed by atoms with Crippen LogP contribution in [0.1, 0.15) is 27.4 Å². The molecule has 5 nitrogen and oxygen atoms in total. The Morgan fingerprint density at radius 1 is 0.946 bits per heavy atom. The molecule has 2 unspecified atom stereocenters. The van der Waals surface area contributed by atoms with Gasteiger partial charge in [0.2, 0.25) is 11.8 Å². The summed E-state index contributed by atoms with van der Waals surface area (Å²) in [6.45, 7) is 0. The fourth-order valence-corrected chi connectivity index (χ4v) is 5.86. The van der Waals surface area contributed by atoms with Crippen LogP contribution in [0.5, 0.6) is 0 Å². The van der Waals surface area contributed by atoms with E-state index in [2.05, 4.69) is 10.3 Å². The maximum atomic E-state index is 13.1. The second kappa shape index (κ2) is 10.3. The Morgan fingerprint density at radius 2 is 1.65 bits per heavy atom. The van der Waals surface area contributed by atoms with Gasteiger partial charge in [-0.15, -0.1) is 23.2 Å². The van der Waals surface area contributed by atoms with E-state index in [9.17, 15) is 9.59 Å². The number of carbonyl (C=O) groups excluding carboxylic acids is 2. The Labute approximate surface area is 237 Å². The molecule has 1 aliphatic carbocycles. The van der Waals surface area contributed by atoms with Crippen LogP contribution in [0, 0.1) is 5.92 Å². The van der Waals surface area contributed by atoms with Crippen molar-refractivity contribution in [3.63, 3.8) is 0 Å². The number of Topliss-reactive ketones (excluding diaryl/α,β-unsaturated/α-hetero) is 1. The number of oxazole rings is 1. The van der Waals surface area contributed by atoms with Crippen LogP contribution in [0.25, 0.3) is 11.5 Å². The van der Waals surface area contributed by atoms with E-state index < -0.39 is 22.1 Å². The number of ketones is 1. The summed E-state index contributed by atoms with van der Waals surface area (Å²) in [5.74, 6) is -1.32. The molecule has 1 aromatic heterocycles. The Morgan fingerprint density at radius 3 is 2.30 bits per heavy atom. The van der Waals surface area contributed by atoms with Gasteiger partial charge in [0, 0.05) is 39.2 Å². The number of amides is 1. The third kappa shape index (κ3) is 5.52. The monoisotopic (exact) mass is 592 g/mol. The highest BCUT2D eigenvalue weighted by Crippen LogP contribution is 2.65. The lowest BCUT2D eigenvalue weighted by molar-refractivity contribution is -0.117. The Kier molecular flexibility index (Phi) is 7.27. The van der Waals surface area contributed by atoms with E-state index in [0.29, 0.717) is 27.2 Å². The lowest BCUT2D eigenvalue weighted by Gasteiger charge is -2.10. The van der Waals surface area contributed by atoms with E-state index in [1.807, 2.05) is 24.3 Å². The molecule has 1 N–H and O–H groups in total. The van der Waals surface area contributed by atoms with Crippen LogP contribution >= 0.6 is 58.0 Å². The molecule has 3 aromatic carbocycles. The molecule has 188 valence electrons. The normalized spacial score (nSPS) is 17.9. The average molecular weight is 595 g/mol. The molecule has 1 fully saturated rings. The van der Waals surface area contributed by atoms with Gasteiger partial charge in [0.25, 0.3) is 0 Å². The zero-order chi connectivity index (χ0) is 26.3. The van der Waals surface area contributed by atoms with Gasteiger partial charge in [0.1, 0.15) is 10.6 Å². The molecule has 5 rings (SSSR count). The van der Waals surface area contributed by atoms with Gasteiger partial charge in [0.05, 0.1) is 17.1 Å². The molecule has 1 aliphatic rings. The minimum absolute atomic E-state index is 0.121. The van der Waals surface area contributed by atoms with Crippen molar-refractivity contribution in [3.05, 3.63) is 105 Å². The summed E-state index contributed by atoms with van der Waals surface area (Å²) in [6, 6.07) is 17.0. The predicted molar refractivity (Wildman–Crippen MR) is 147 cm³/mol. The minimum Gasteiger partial charge on any atom is -0.445 e. The maximum Gasteiger partial charge on any atom is 0.231 e. The quantitative estimate of drug-likeness (QED) is 0.173. The first-order valence-corrected chi connectivity index (χ1v) is 13.0. The smallest absolute Gasteiger partial charge is 0.231 e. The third-order valence-electron chi connectivity index (χ3n) is 6.11. The van der Waals surface area contributed by atoms with Crippen molar-refractivity contribution in [3.8, 4) is 11.5 Å². The molecule has 37 heavy (non-hydrogen) atoms. The highest BCUT2D eigenvalue weighted by atomic mass is 35.5. The maximum absolute atomic E-state index is 13.1. The van der Waals surface area contributed by atoms with Crippen LogP contribution in [0.4, 0.5) is 5.69 Å².